The van der Waals surface area contributed by atoms with Crippen LogP contribution in [0.3, 0.4) is 0 Å². The van der Waals surface area contributed by atoms with Gasteiger partial charge in [-0.05, 0) is 48.6 Å². The predicted molar refractivity (Wildman–Crippen MR) is 98.8 cm³/mol. The highest BCUT2D eigenvalue weighted by Crippen LogP contribution is 2.24. The van der Waals surface area contributed by atoms with Crippen molar-refractivity contribution in [3.05, 3.63) is 66.4 Å². The zero-order valence-electron chi connectivity index (χ0n) is 15.0. The molecule has 1 aliphatic rings. The van der Waals surface area contributed by atoms with Gasteiger partial charge in [0.2, 0.25) is 5.88 Å². The molecule has 0 bridgehead atoms. The van der Waals surface area contributed by atoms with Crippen molar-refractivity contribution in [2.75, 3.05) is 13.1 Å². The molecule has 1 saturated heterocycles. The molecule has 0 amide bonds. The number of aryl methyl sites for hydroxylation is 1. The van der Waals surface area contributed by atoms with Crippen LogP contribution in [0, 0.1) is 5.92 Å². The Hall–Kier alpha value is -2.73. The van der Waals surface area contributed by atoms with E-state index in [1.807, 2.05) is 30.1 Å². The summed E-state index contributed by atoms with van der Waals surface area (Å²) >= 11 is 0. The first-order chi connectivity index (χ1) is 12.7. The van der Waals surface area contributed by atoms with Crippen LogP contribution in [0.4, 0.5) is 0 Å². The van der Waals surface area contributed by atoms with Gasteiger partial charge in [0, 0.05) is 38.7 Å². The third-order valence-electron chi connectivity index (χ3n) is 4.74. The van der Waals surface area contributed by atoms with Crippen LogP contribution < -0.4 is 4.74 Å². The van der Waals surface area contributed by atoms with Crippen molar-refractivity contribution in [2.24, 2.45) is 13.0 Å². The van der Waals surface area contributed by atoms with Gasteiger partial charge in [0.15, 0.2) is 0 Å². The van der Waals surface area contributed by atoms with Crippen LogP contribution in [0.2, 0.25) is 0 Å². The SMILES string of the molecule is Cn1cc(CC2CCN(Cc3ccc(Oc4cnccn4)cc3)C2)cn1. The lowest BCUT2D eigenvalue weighted by Gasteiger charge is -2.16. The van der Waals surface area contributed by atoms with Crippen molar-refractivity contribution in [1.29, 1.82) is 0 Å². The van der Waals surface area contributed by atoms with Gasteiger partial charge in [-0.1, -0.05) is 12.1 Å². The summed E-state index contributed by atoms with van der Waals surface area (Å²) in [5, 5.41) is 4.27. The molecule has 26 heavy (non-hydrogen) atoms. The second kappa shape index (κ2) is 7.66. The van der Waals surface area contributed by atoms with Crippen molar-refractivity contribution in [2.45, 2.75) is 19.4 Å². The first-order valence-corrected chi connectivity index (χ1v) is 8.97. The van der Waals surface area contributed by atoms with E-state index in [-0.39, 0.29) is 0 Å². The van der Waals surface area contributed by atoms with Crippen LogP contribution in [0.5, 0.6) is 11.6 Å². The van der Waals surface area contributed by atoms with Gasteiger partial charge in [-0.25, -0.2) is 4.98 Å². The van der Waals surface area contributed by atoms with Gasteiger partial charge < -0.3 is 4.74 Å². The zero-order chi connectivity index (χ0) is 17.8. The van der Waals surface area contributed by atoms with Gasteiger partial charge in [0.05, 0.1) is 12.4 Å². The number of likely N-dealkylation sites (tertiary alicyclic amines) is 1. The van der Waals surface area contributed by atoms with E-state index in [0.717, 1.165) is 37.7 Å². The Labute approximate surface area is 153 Å². The molecule has 3 heterocycles. The Morgan fingerprint density at radius 2 is 2.00 bits per heavy atom. The lowest BCUT2D eigenvalue weighted by Crippen LogP contribution is -2.20. The van der Waals surface area contributed by atoms with E-state index < -0.39 is 0 Å². The smallest absolute Gasteiger partial charge is 0.237 e. The summed E-state index contributed by atoms with van der Waals surface area (Å²) in [4.78, 5) is 10.7. The molecule has 1 aliphatic heterocycles. The molecule has 0 spiro atoms. The zero-order valence-corrected chi connectivity index (χ0v) is 15.0. The van der Waals surface area contributed by atoms with Crippen molar-refractivity contribution < 1.29 is 4.74 Å². The van der Waals surface area contributed by atoms with Gasteiger partial charge in [0.25, 0.3) is 0 Å². The third-order valence-corrected chi connectivity index (χ3v) is 4.74. The molecule has 0 aliphatic carbocycles. The first kappa shape index (κ1) is 16.7. The van der Waals surface area contributed by atoms with E-state index in [2.05, 4.69) is 38.3 Å². The minimum atomic E-state index is 0.512. The van der Waals surface area contributed by atoms with Crippen molar-refractivity contribution in [1.82, 2.24) is 24.6 Å². The lowest BCUT2D eigenvalue weighted by atomic mass is 10.0. The van der Waals surface area contributed by atoms with Crippen LogP contribution in [0.1, 0.15) is 17.5 Å². The number of aromatic nitrogens is 4. The molecule has 6 nitrogen and oxygen atoms in total. The van der Waals surface area contributed by atoms with Crippen LogP contribution >= 0.6 is 0 Å². The van der Waals surface area contributed by atoms with Gasteiger partial charge in [0.1, 0.15) is 5.75 Å². The summed E-state index contributed by atoms with van der Waals surface area (Å²) in [6.45, 7) is 3.28. The van der Waals surface area contributed by atoms with E-state index in [0.29, 0.717) is 5.88 Å². The summed E-state index contributed by atoms with van der Waals surface area (Å²) in [7, 11) is 1.97. The summed E-state index contributed by atoms with van der Waals surface area (Å²) in [6.07, 6.45) is 11.3. The highest BCUT2D eigenvalue weighted by Gasteiger charge is 2.23. The minimum Gasteiger partial charge on any atom is -0.438 e. The number of hydrogen-bond donors (Lipinski definition) is 0. The fourth-order valence-electron chi connectivity index (χ4n) is 3.51. The largest absolute Gasteiger partial charge is 0.438 e. The van der Waals surface area contributed by atoms with Crippen molar-refractivity contribution in [3.63, 3.8) is 0 Å². The molecule has 1 atom stereocenters. The molecule has 0 saturated carbocycles. The summed E-state index contributed by atoms with van der Waals surface area (Å²) in [5.41, 5.74) is 2.64. The second-order valence-electron chi connectivity index (χ2n) is 6.91. The second-order valence-corrected chi connectivity index (χ2v) is 6.91. The fraction of sp³-hybridized carbons (Fsp3) is 0.350. The molecule has 6 heteroatoms. The Balaban J connectivity index is 1.29. The Bertz CT molecular complexity index is 831. The quantitative estimate of drug-likeness (QED) is 0.684. The molecule has 2 aromatic heterocycles. The maximum absolute atomic E-state index is 5.69. The maximum atomic E-state index is 5.69. The molecule has 1 fully saturated rings. The van der Waals surface area contributed by atoms with Crippen molar-refractivity contribution in [3.8, 4) is 11.6 Å². The molecular formula is C20H23N5O. The Kier molecular flexibility index (Phi) is 4.93. The average molecular weight is 349 g/mol. The molecule has 3 aromatic rings. The molecule has 4 rings (SSSR count). The van der Waals surface area contributed by atoms with E-state index in [4.69, 9.17) is 4.74 Å². The van der Waals surface area contributed by atoms with Crippen LogP contribution in [0.15, 0.2) is 55.2 Å². The van der Waals surface area contributed by atoms with Gasteiger partial charge in [-0.2, -0.15) is 5.10 Å². The number of benzene rings is 1. The van der Waals surface area contributed by atoms with Gasteiger partial charge in [-0.3, -0.25) is 14.6 Å². The Morgan fingerprint density at radius 1 is 1.12 bits per heavy atom. The highest BCUT2D eigenvalue weighted by molar-refractivity contribution is 5.30. The van der Waals surface area contributed by atoms with Gasteiger partial charge in [-0.15, -0.1) is 0 Å². The first-order valence-electron chi connectivity index (χ1n) is 8.97. The predicted octanol–water partition coefficient (Wildman–Crippen LogP) is 3.07. The molecule has 0 radical (unpaired) electrons. The highest BCUT2D eigenvalue weighted by atomic mass is 16.5. The number of nitrogens with zero attached hydrogens (tertiary/aromatic N) is 5. The topological polar surface area (TPSA) is 56.1 Å². The normalized spacial score (nSPS) is 17.5. The van der Waals surface area contributed by atoms with Crippen LogP contribution in [-0.4, -0.2) is 37.7 Å². The van der Waals surface area contributed by atoms with E-state index in [1.165, 1.54) is 17.5 Å². The lowest BCUT2D eigenvalue weighted by molar-refractivity contribution is 0.316. The third kappa shape index (κ3) is 4.26. The minimum absolute atomic E-state index is 0.512. The summed E-state index contributed by atoms with van der Waals surface area (Å²) in [5.74, 6) is 2.02. The Morgan fingerprint density at radius 3 is 2.73 bits per heavy atom. The van der Waals surface area contributed by atoms with E-state index >= 15 is 0 Å². The number of hydrogen-bond acceptors (Lipinski definition) is 5. The van der Waals surface area contributed by atoms with Gasteiger partial charge >= 0.3 is 0 Å². The fourth-order valence-corrected chi connectivity index (χ4v) is 3.51. The average Bonchev–Trinajstić information content (AvgIpc) is 3.27. The summed E-state index contributed by atoms with van der Waals surface area (Å²) in [6, 6.07) is 8.24. The number of rotatable bonds is 6. The molecule has 1 unspecified atom stereocenters. The van der Waals surface area contributed by atoms with Crippen LogP contribution in [0.25, 0.3) is 0 Å². The molecule has 1 aromatic carbocycles. The number of ether oxygens (including phenoxy) is 1. The van der Waals surface area contributed by atoms with E-state index in [9.17, 15) is 0 Å². The molecular weight excluding hydrogens is 326 g/mol. The van der Waals surface area contributed by atoms with E-state index in [1.54, 1.807) is 18.6 Å². The standard InChI is InChI=1S/C20H23N5O/c1-24-13-18(11-23-24)10-17-6-9-25(15-17)14-16-2-4-19(5-3-16)26-20-12-21-7-8-22-20/h2-5,7-8,11-13,17H,6,9-10,14-15H2,1H3. The monoisotopic (exact) mass is 349 g/mol. The molecule has 134 valence electrons. The van der Waals surface area contributed by atoms with Crippen LogP contribution in [-0.2, 0) is 20.0 Å². The summed E-state index contributed by atoms with van der Waals surface area (Å²) < 4.78 is 7.58. The molecule has 0 N–H and O–H groups in total. The van der Waals surface area contributed by atoms with Crippen molar-refractivity contribution >= 4 is 0 Å². The maximum Gasteiger partial charge on any atom is 0.237 e.